The standard InChI is InChI=1S/C20H32N4O2.2ClH/c1-14(2)12-17(21)20(26)24-10-8-23(9-11-24)13-19(25)22-18-7-5-6-15(3)16(18)4;;/h5-7,14,17H,8-13,21H2,1-4H3,(H,22,25);2*1H/t17-;;/m0../s1. The topological polar surface area (TPSA) is 78.7 Å². The van der Waals surface area contributed by atoms with Gasteiger partial charge < -0.3 is 16.0 Å². The van der Waals surface area contributed by atoms with Crippen LogP contribution in [0.5, 0.6) is 0 Å². The molecule has 0 spiro atoms. The van der Waals surface area contributed by atoms with Crippen LogP contribution in [-0.4, -0.2) is 60.4 Å². The van der Waals surface area contributed by atoms with Gasteiger partial charge in [0, 0.05) is 31.9 Å². The third-order valence-electron chi connectivity index (χ3n) is 4.97. The second-order valence-corrected chi connectivity index (χ2v) is 7.63. The Morgan fingerprint density at radius 3 is 2.29 bits per heavy atom. The molecule has 1 heterocycles. The lowest BCUT2D eigenvalue weighted by atomic mass is 10.0. The van der Waals surface area contributed by atoms with Gasteiger partial charge in [-0.05, 0) is 43.4 Å². The van der Waals surface area contributed by atoms with Crippen LogP contribution in [0.3, 0.4) is 0 Å². The normalized spacial score (nSPS) is 15.4. The first-order chi connectivity index (χ1) is 12.3. The molecule has 0 aliphatic carbocycles. The molecule has 0 radical (unpaired) electrons. The Hall–Kier alpha value is -1.34. The van der Waals surface area contributed by atoms with Crippen molar-refractivity contribution in [2.45, 2.75) is 40.2 Å². The molecule has 1 aromatic rings. The SMILES string of the molecule is Cc1cccc(NC(=O)CN2CCN(C(=O)[C@@H](N)CC(C)C)CC2)c1C.Cl.Cl. The van der Waals surface area contributed by atoms with Gasteiger partial charge in [-0.3, -0.25) is 14.5 Å². The summed E-state index contributed by atoms with van der Waals surface area (Å²) in [6, 6.07) is 5.48. The Morgan fingerprint density at radius 2 is 1.71 bits per heavy atom. The number of piperazine rings is 1. The minimum atomic E-state index is -0.422. The zero-order chi connectivity index (χ0) is 19.3. The smallest absolute Gasteiger partial charge is 0.239 e. The van der Waals surface area contributed by atoms with Gasteiger partial charge in [-0.15, -0.1) is 24.8 Å². The maximum atomic E-state index is 12.4. The van der Waals surface area contributed by atoms with Crippen molar-refractivity contribution in [3.63, 3.8) is 0 Å². The fourth-order valence-electron chi connectivity index (χ4n) is 3.25. The van der Waals surface area contributed by atoms with Crippen LogP contribution in [0.1, 0.15) is 31.4 Å². The van der Waals surface area contributed by atoms with Gasteiger partial charge in [0.1, 0.15) is 0 Å². The van der Waals surface area contributed by atoms with Crippen molar-refractivity contribution in [1.82, 2.24) is 9.80 Å². The Labute approximate surface area is 181 Å². The van der Waals surface area contributed by atoms with Crippen LogP contribution >= 0.6 is 24.8 Å². The zero-order valence-electron chi connectivity index (χ0n) is 17.2. The van der Waals surface area contributed by atoms with E-state index in [0.29, 0.717) is 45.1 Å². The van der Waals surface area contributed by atoms with Crippen LogP contribution in [0, 0.1) is 19.8 Å². The van der Waals surface area contributed by atoms with Gasteiger partial charge in [0.05, 0.1) is 12.6 Å². The van der Waals surface area contributed by atoms with E-state index in [2.05, 4.69) is 24.1 Å². The quantitative estimate of drug-likeness (QED) is 0.723. The third-order valence-corrected chi connectivity index (χ3v) is 4.97. The van der Waals surface area contributed by atoms with E-state index < -0.39 is 6.04 Å². The molecule has 2 rings (SSSR count). The molecule has 1 aliphatic rings. The van der Waals surface area contributed by atoms with Gasteiger partial charge >= 0.3 is 0 Å². The number of hydrogen-bond acceptors (Lipinski definition) is 4. The minimum absolute atomic E-state index is 0. The van der Waals surface area contributed by atoms with E-state index >= 15 is 0 Å². The number of carbonyl (C=O) groups is 2. The van der Waals surface area contributed by atoms with Crippen LogP contribution < -0.4 is 11.1 Å². The fraction of sp³-hybridized carbons (Fsp3) is 0.600. The molecule has 0 aromatic heterocycles. The Bertz CT molecular complexity index is 647. The molecule has 28 heavy (non-hydrogen) atoms. The number of nitrogens with one attached hydrogen (secondary N) is 1. The van der Waals surface area contributed by atoms with E-state index in [0.717, 1.165) is 16.8 Å². The number of nitrogens with two attached hydrogens (primary N) is 1. The summed E-state index contributed by atoms with van der Waals surface area (Å²) in [6.07, 6.45) is 0.706. The summed E-state index contributed by atoms with van der Waals surface area (Å²) in [5.74, 6) is 0.414. The van der Waals surface area contributed by atoms with Gasteiger partial charge in [-0.1, -0.05) is 26.0 Å². The number of anilines is 1. The lowest BCUT2D eigenvalue weighted by molar-refractivity contribution is -0.134. The highest BCUT2D eigenvalue weighted by atomic mass is 35.5. The monoisotopic (exact) mass is 432 g/mol. The molecule has 1 saturated heterocycles. The van der Waals surface area contributed by atoms with Gasteiger partial charge in [-0.2, -0.15) is 0 Å². The number of benzene rings is 1. The van der Waals surface area contributed by atoms with Crippen molar-refractivity contribution in [2.24, 2.45) is 11.7 Å². The van der Waals surface area contributed by atoms with Crippen molar-refractivity contribution in [3.8, 4) is 0 Å². The van der Waals surface area contributed by atoms with Crippen LogP contribution in [0.4, 0.5) is 5.69 Å². The lowest BCUT2D eigenvalue weighted by Gasteiger charge is -2.35. The summed E-state index contributed by atoms with van der Waals surface area (Å²) in [5.41, 5.74) is 9.12. The molecular formula is C20H34Cl2N4O2. The summed E-state index contributed by atoms with van der Waals surface area (Å²) in [4.78, 5) is 28.6. The molecular weight excluding hydrogens is 399 g/mol. The minimum Gasteiger partial charge on any atom is -0.339 e. The first-order valence-electron chi connectivity index (χ1n) is 9.40. The van der Waals surface area contributed by atoms with Crippen molar-refractivity contribution >= 4 is 42.3 Å². The zero-order valence-corrected chi connectivity index (χ0v) is 18.9. The van der Waals surface area contributed by atoms with Crippen molar-refractivity contribution in [2.75, 3.05) is 38.0 Å². The van der Waals surface area contributed by atoms with Gasteiger partial charge in [0.25, 0.3) is 0 Å². The molecule has 0 unspecified atom stereocenters. The van der Waals surface area contributed by atoms with Crippen molar-refractivity contribution < 1.29 is 9.59 Å². The first-order valence-corrected chi connectivity index (χ1v) is 9.40. The predicted octanol–water partition coefficient (Wildman–Crippen LogP) is 2.60. The van der Waals surface area contributed by atoms with E-state index in [1.165, 1.54) is 0 Å². The number of aryl methyl sites for hydroxylation is 1. The summed E-state index contributed by atoms with van der Waals surface area (Å²) in [5, 5.41) is 2.99. The Morgan fingerprint density at radius 1 is 1.11 bits per heavy atom. The summed E-state index contributed by atoms with van der Waals surface area (Å²) >= 11 is 0. The van der Waals surface area contributed by atoms with E-state index in [4.69, 9.17) is 5.73 Å². The third kappa shape index (κ3) is 7.59. The van der Waals surface area contributed by atoms with Gasteiger partial charge in [0.2, 0.25) is 11.8 Å². The maximum absolute atomic E-state index is 12.4. The van der Waals surface area contributed by atoms with Crippen LogP contribution in [0.15, 0.2) is 18.2 Å². The maximum Gasteiger partial charge on any atom is 0.239 e. The Kier molecular flexibility index (Phi) is 11.7. The number of carbonyl (C=O) groups excluding carboxylic acids is 2. The first kappa shape index (κ1) is 26.7. The average molecular weight is 433 g/mol. The van der Waals surface area contributed by atoms with Gasteiger partial charge in [-0.25, -0.2) is 0 Å². The highest BCUT2D eigenvalue weighted by Crippen LogP contribution is 2.18. The number of hydrogen-bond donors (Lipinski definition) is 2. The van der Waals surface area contributed by atoms with Crippen molar-refractivity contribution in [3.05, 3.63) is 29.3 Å². The number of nitrogens with zero attached hydrogens (tertiary/aromatic N) is 2. The number of halogens is 2. The predicted molar refractivity (Wildman–Crippen MR) is 119 cm³/mol. The Balaban J connectivity index is 0.00000364. The molecule has 8 heteroatoms. The van der Waals surface area contributed by atoms with E-state index in [1.54, 1.807) is 0 Å². The van der Waals surface area contributed by atoms with Crippen LogP contribution in [0.2, 0.25) is 0 Å². The molecule has 1 fully saturated rings. The molecule has 6 nitrogen and oxygen atoms in total. The molecule has 3 N–H and O–H groups in total. The largest absolute Gasteiger partial charge is 0.339 e. The number of amides is 2. The highest BCUT2D eigenvalue weighted by Gasteiger charge is 2.26. The van der Waals surface area contributed by atoms with Crippen LogP contribution in [0.25, 0.3) is 0 Å². The molecule has 0 bridgehead atoms. The molecule has 0 saturated carbocycles. The van der Waals surface area contributed by atoms with E-state index in [1.807, 2.05) is 36.9 Å². The fourth-order valence-corrected chi connectivity index (χ4v) is 3.25. The number of rotatable bonds is 6. The molecule has 160 valence electrons. The van der Waals surface area contributed by atoms with Crippen LogP contribution in [-0.2, 0) is 9.59 Å². The second-order valence-electron chi connectivity index (χ2n) is 7.63. The molecule has 1 aromatic carbocycles. The highest BCUT2D eigenvalue weighted by molar-refractivity contribution is 5.93. The van der Waals surface area contributed by atoms with E-state index in [9.17, 15) is 9.59 Å². The summed E-state index contributed by atoms with van der Waals surface area (Å²) in [7, 11) is 0. The summed E-state index contributed by atoms with van der Waals surface area (Å²) in [6.45, 7) is 11.2. The second kappa shape index (κ2) is 12.3. The van der Waals surface area contributed by atoms with E-state index in [-0.39, 0.29) is 36.6 Å². The molecule has 1 atom stereocenters. The van der Waals surface area contributed by atoms with Gasteiger partial charge in [0.15, 0.2) is 0 Å². The average Bonchev–Trinajstić information content (AvgIpc) is 2.58. The lowest BCUT2D eigenvalue weighted by Crippen LogP contribution is -2.54. The summed E-state index contributed by atoms with van der Waals surface area (Å²) < 4.78 is 0. The molecule has 2 amide bonds. The molecule has 1 aliphatic heterocycles. The van der Waals surface area contributed by atoms with Crippen molar-refractivity contribution in [1.29, 1.82) is 0 Å².